The lowest BCUT2D eigenvalue weighted by Crippen LogP contribution is -2.47. The fourth-order valence-corrected chi connectivity index (χ4v) is 3.40. The van der Waals surface area contributed by atoms with Crippen LogP contribution in [0.2, 0.25) is 0 Å². The Bertz CT molecular complexity index is 474. The van der Waals surface area contributed by atoms with Crippen LogP contribution in [-0.4, -0.2) is 46.8 Å². The molecule has 1 amide bonds. The highest BCUT2D eigenvalue weighted by molar-refractivity contribution is 9.10. The number of hydrogen-bond acceptors (Lipinski definition) is 4. The summed E-state index contributed by atoms with van der Waals surface area (Å²) in [4.78, 5) is 14.6. The molecule has 2 atom stereocenters. The third-order valence-corrected chi connectivity index (χ3v) is 4.90. The predicted molar refractivity (Wildman–Crippen MR) is 78.8 cm³/mol. The number of aliphatic hydroxyl groups excluding tert-OH is 2. The Hall–Kier alpha value is -0.690. The van der Waals surface area contributed by atoms with Crippen molar-refractivity contribution in [2.75, 3.05) is 19.7 Å². The lowest BCUT2D eigenvalue weighted by molar-refractivity contribution is -0.130. The fourth-order valence-electron chi connectivity index (χ4n) is 2.07. The first kappa shape index (κ1) is 14.7. The summed E-state index contributed by atoms with van der Waals surface area (Å²) in [6.07, 6.45) is 3.32. The zero-order valence-corrected chi connectivity index (χ0v) is 12.7. The van der Waals surface area contributed by atoms with Gasteiger partial charge in [0.15, 0.2) is 0 Å². The average Bonchev–Trinajstić information content (AvgIpc) is 2.81. The third kappa shape index (κ3) is 3.89. The number of carbonyl (C=O) groups excluding carboxylic acids is 1. The van der Waals surface area contributed by atoms with Gasteiger partial charge < -0.3 is 15.1 Å². The Morgan fingerprint density at radius 2 is 2.42 bits per heavy atom. The van der Waals surface area contributed by atoms with Crippen molar-refractivity contribution < 1.29 is 15.0 Å². The molecule has 1 aliphatic rings. The summed E-state index contributed by atoms with van der Waals surface area (Å²) in [6, 6.07) is 1.95. The van der Waals surface area contributed by atoms with Crippen molar-refractivity contribution in [3.05, 3.63) is 26.9 Å². The number of thiophene rings is 1. The number of piperidine rings is 1. The van der Waals surface area contributed by atoms with Crippen molar-refractivity contribution >= 4 is 39.2 Å². The molecule has 2 N–H and O–H groups in total. The van der Waals surface area contributed by atoms with Gasteiger partial charge in [0.05, 0.1) is 6.10 Å². The number of hydrogen-bond donors (Lipinski definition) is 2. The van der Waals surface area contributed by atoms with Crippen molar-refractivity contribution in [1.82, 2.24) is 4.90 Å². The van der Waals surface area contributed by atoms with Gasteiger partial charge in [-0.05, 0) is 34.5 Å². The average molecular weight is 346 g/mol. The number of carbonyl (C=O) groups is 1. The molecule has 1 aromatic heterocycles. The summed E-state index contributed by atoms with van der Waals surface area (Å²) in [7, 11) is 0. The molecule has 104 valence electrons. The van der Waals surface area contributed by atoms with E-state index in [9.17, 15) is 9.90 Å². The van der Waals surface area contributed by atoms with Gasteiger partial charge in [-0.2, -0.15) is 0 Å². The minimum Gasteiger partial charge on any atom is -0.396 e. The van der Waals surface area contributed by atoms with Gasteiger partial charge in [0.2, 0.25) is 5.91 Å². The predicted octanol–water partition coefficient (Wildman–Crippen LogP) is 1.73. The topological polar surface area (TPSA) is 60.8 Å². The molecule has 0 saturated carbocycles. The molecule has 0 radical (unpaired) electrons. The fraction of sp³-hybridized carbons (Fsp3) is 0.462. The molecule has 6 heteroatoms. The lowest BCUT2D eigenvalue weighted by Gasteiger charge is -2.34. The first-order valence-corrected chi connectivity index (χ1v) is 7.77. The Labute approximate surface area is 124 Å². The summed E-state index contributed by atoms with van der Waals surface area (Å²) >= 11 is 4.92. The molecule has 1 fully saturated rings. The van der Waals surface area contributed by atoms with Gasteiger partial charge in [0.1, 0.15) is 0 Å². The van der Waals surface area contributed by atoms with E-state index >= 15 is 0 Å². The molecule has 2 heterocycles. The second-order valence-corrected chi connectivity index (χ2v) is 6.44. The molecule has 19 heavy (non-hydrogen) atoms. The normalized spacial score (nSPS) is 24.1. The van der Waals surface area contributed by atoms with Gasteiger partial charge in [-0.3, -0.25) is 4.79 Å². The van der Waals surface area contributed by atoms with E-state index in [4.69, 9.17) is 5.11 Å². The number of amides is 1. The molecule has 1 saturated heterocycles. The molecule has 1 aromatic rings. The van der Waals surface area contributed by atoms with Gasteiger partial charge >= 0.3 is 0 Å². The molecular formula is C13H16BrNO3S. The largest absolute Gasteiger partial charge is 0.396 e. The van der Waals surface area contributed by atoms with E-state index in [1.54, 1.807) is 22.3 Å². The second-order valence-electron chi connectivity index (χ2n) is 4.58. The van der Waals surface area contributed by atoms with Crippen molar-refractivity contribution in [3.63, 3.8) is 0 Å². The summed E-state index contributed by atoms with van der Waals surface area (Å²) in [5, 5.41) is 20.8. The van der Waals surface area contributed by atoms with Crippen LogP contribution >= 0.6 is 27.3 Å². The van der Waals surface area contributed by atoms with E-state index in [1.165, 1.54) is 6.08 Å². The number of nitrogens with zero attached hydrogens (tertiary/aromatic N) is 1. The number of β-amino-alcohol motifs (C(OH)–C–C–N with tert-alkyl or cyclic N) is 1. The van der Waals surface area contributed by atoms with Crippen LogP contribution < -0.4 is 0 Å². The number of halogens is 1. The second kappa shape index (κ2) is 6.65. The van der Waals surface area contributed by atoms with Crippen LogP contribution in [0, 0.1) is 5.92 Å². The molecule has 0 aromatic carbocycles. The lowest BCUT2D eigenvalue weighted by atomic mass is 9.95. The van der Waals surface area contributed by atoms with E-state index < -0.39 is 6.10 Å². The third-order valence-electron chi connectivity index (χ3n) is 3.25. The summed E-state index contributed by atoms with van der Waals surface area (Å²) in [5.74, 6) is -0.207. The SMILES string of the molecule is O=C(/C=C/c1cc(Br)cs1)N1CCC(CO)C(O)C1. The number of aliphatic hydroxyl groups is 2. The highest BCUT2D eigenvalue weighted by Gasteiger charge is 2.28. The molecule has 0 aliphatic carbocycles. The van der Waals surface area contributed by atoms with Gasteiger partial charge in [0, 0.05) is 46.4 Å². The molecule has 2 rings (SSSR count). The van der Waals surface area contributed by atoms with E-state index in [-0.39, 0.29) is 18.4 Å². The molecule has 2 unspecified atom stereocenters. The van der Waals surface area contributed by atoms with Gasteiger partial charge in [-0.25, -0.2) is 0 Å². The minimum atomic E-state index is -0.632. The van der Waals surface area contributed by atoms with Crippen LogP contribution in [0.4, 0.5) is 0 Å². The standard InChI is InChI=1S/C13H16BrNO3S/c14-10-5-11(19-8-10)1-2-13(18)15-4-3-9(7-16)12(17)6-15/h1-2,5,8-9,12,16-17H,3-4,6-7H2/b2-1+. The van der Waals surface area contributed by atoms with Crippen LogP contribution in [0.3, 0.4) is 0 Å². The van der Waals surface area contributed by atoms with E-state index in [1.807, 2.05) is 11.4 Å². The maximum atomic E-state index is 12.0. The highest BCUT2D eigenvalue weighted by atomic mass is 79.9. The molecular weight excluding hydrogens is 330 g/mol. The van der Waals surface area contributed by atoms with E-state index in [0.717, 1.165) is 9.35 Å². The maximum absolute atomic E-state index is 12.0. The smallest absolute Gasteiger partial charge is 0.246 e. The van der Waals surface area contributed by atoms with Crippen molar-refractivity contribution in [3.8, 4) is 0 Å². The zero-order chi connectivity index (χ0) is 13.8. The van der Waals surface area contributed by atoms with Gasteiger partial charge in [0.25, 0.3) is 0 Å². The Balaban J connectivity index is 1.92. The first-order valence-electron chi connectivity index (χ1n) is 6.10. The summed E-state index contributed by atoms with van der Waals surface area (Å²) in [6.45, 7) is 0.852. The van der Waals surface area contributed by atoms with Crippen molar-refractivity contribution in [1.29, 1.82) is 0 Å². The number of rotatable bonds is 3. The van der Waals surface area contributed by atoms with Crippen molar-refractivity contribution in [2.24, 2.45) is 5.92 Å². The zero-order valence-electron chi connectivity index (χ0n) is 10.3. The van der Waals surface area contributed by atoms with E-state index in [2.05, 4.69) is 15.9 Å². The molecule has 0 spiro atoms. The molecule has 1 aliphatic heterocycles. The minimum absolute atomic E-state index is 0.0255. The first-order chi connectivity index (χ1) is 9.10. The van der Waals surface area contributed by atoms with Crippen LogP contribution in [0.15, 0.2) is 22.0 Å². The van der Waals surface area contributed by atoms with Crippen LogP contribution in [0.5, 0.6) is 0 Å². The Kier molecular flexibility index (Phi) is 5.15. The number of likely N-dealkylation sites (tertiary alicyclic amines) is 1. The van der Waals surface area contributed by atoms with E-state index in [0.29, 0.717) is 19.5 Å². The van der Waals surface area contributed by atoms with Crippen LogP contribution in [0.1, 0.15) is 11.3 Å². The van der Waals surface area contributed by atoms with Crippen LogP contribution in [-0.2, 0) is 4.79 Å². The maximum Gasteiger partial charge on any atom is 0.246 e. The Morgan fingerprint density at radius 1 is 1.63 bits per heavy atom. The van der Waals surface area contributed by atoms with Gasteiger partial charge in [-0.15, -0.1) is 11.3 Å². The van der Waals surface area contributed by atoms with Crippen molar-refractivity contribution in [2.45, 2.75) is 12.5 Å². The quantitative estimate of drug-likeness (QED) is 0.820. The Morgan fingerprint density at radius 3 is 3.00 bits per heavy atom. The van der Waals surface area contributed by atoms with Crippen LogP contribution in [0.25, 0.3) is 6.08 Å². The monoisotopic (exact) mass is 345 g/mol. The molecule has 4 nitrogen and oxygen atoms in total. The summed E-state index contributed by atoms with van der Waals surface area (Å²) in [5.41, 5.74) is 0. The van der Waals surface area contributed by atoms with Gasteiger partial charge in [-0.1, -0.05) is 0 Å². The highest BCUT2D eigenvalue weighted by Crippen LogP contribution is 2.21. The summed E-state index contributed by atoms with van der Waals surface area (Å²) < 4.78 is 1.00. The molecule has 0 bridgehead atoms.